The van der Waals surface area contributed by atoms with Crippen molar-refractivity contribution >= 4 is 39.6 Å². The van der Waals surface area contributed by atoms with E-state index in [1.54, 1.807) is 6.07 Å². The molecule has 23 heavy (non-hydrogen) atoms. The lowest BCUT2D eigenvalue weighted by atomic mass is 10.1. The minimum atomic E-state index is -0.366. The van der Waals surface area contributed by atoms with E-state index in [1.807, 2.05) is 25.1 Å². The van der Waals surface area contributed by atoms with E-state index in [-0.39, 0.29) is 12.0 Å². The van der Waals surface area contributed by atoms with Gasteiger partial charge in [-0.15, -0.1) is 11.3 Å². The molecule has 0 radical (unpaired) electrons. The van der Waals surface area contributed by atoms with Crippen molar-refractivity contribution in [3.8, 4) is 0 Å². The number of rotatable bonds is 5. The third-order valence-corrected chi connectivity index (χ3v) is 4.59. The van der Waals surface area contributed by atoms with E-state index in [4.69, 9.17) is 17.0 Å². The summed E-state index contributed by atoms with van der Waals surface area (Å²) in [5, 5.41) is 7.62. The smallest absolute Gasteiger partial charge is 0.340 e. The van der Waals surface area contributed by atoms with Crippen molar-refractivity contribution in [2.24, 2.45) is 0 Å². The monoisotopic (exact) mass is 348 g/mol. The van der Waals surface area contributed by atoms with E-state index >= 15 is 0 Å². The predicted molar refractivity (Wildman–Crippen MR) is 99.2 cm³/mol. The van der Waals surface area contributed by atoms with Gasteiger partial charge in [-0.05, 0) is 37.2 Å². The maximum absolute atomic E-state index is 11.8. The molecule has 1 unspecified atom stereocenters. The fourth-order valence-electron chi connectivity index (χ4n) is 2.27. The fourth-order valence-corrected chi connectivity index (χ4v) is 3.49. The van der Waals surface area contributed by atoms with Crippen molar-refractivity contribution in [1.29, 1.82) is 0 Å². The highest BCUT2D eigenvalue weighted by molar-refractivity contribution is 7.80. The molecule has 0 fully saturated rings. The topological polar surface area (TPSA) is 50.4 Å². The number of nitrogens with one attached hydrogen (secondary N) is 2. The molecule has 2 aromatic rings. The molecule has 0 aliphatic rings. The summed E-state index contributed by atoms with van der Waals surface area (Å²) in [4.78, 5) is 12.8. The van der Waals surface area contributed by atoms with Gasteiger partial charge in [0.05, 0.1) is 18.7 Å². The molecule has 1 aromatic carbocycles. The van der Waals surface area contributed by atoms with Crippen molar-refractivity contribution < 1.29 is 9.53 Å². The molecule has 0 saturated heterocycles. The van der Waals surface area contributed by atoms with E-state index in [2.05, 4.69) is 29.7 Å². The number of ether oxygens (including phenoxy) is 1. The lowest BCUT2D eigenvalue weighted by molar-refractivity contribution is 0.0602. The molecule has 2 N–H and O–H groups in total. The quantitative estimate of drug-likeness (QED) is 0.624. The number of benzene rings is 1. The number of methoxy groups -OCH3 is 1. The molecule has 0 bridgehead atoms. The summed E-state index contributed by atoms with van der Waals surface area (Å²) in [6, 6.07) is 12.1. The Labute approximate surface area is 145 Å². The number of hydrogen-bond donors (Lipinski definition) is 2. The van der Waals surface area contributed by atoms with Crippen LogP contribution in [0.2, 0.25) is 0 Å². The summed E-state index contributed by atoms with van der Waals surface area (Å²) < 4.78 is 4.81. The van der Waals surface area contributed by atoms with Crippen LogP contribution in [-0.4, -0.2) is 18.2 Å². The van der Waals surface area contributed by atoms with Crippen LogP contribution in [0, 0.1) is 6.92 Å². The van der Waals surface area contributed by atoms with E-state index in [1.165, 1.54) is 24.0 Å². The van der Waals surface area contributed by atoms with Crippen LogP contribution in [0.15, 0.2) is 36.4 Å². The Morgan fingerprint density at radius 2 is 2.04 bits per heavy atom. The molecule has 122 valence electrons. The number of thiophene rings is 1. The molecule has 2 rings (SSSR count). The molecule has 1 aromatic heterocycles. The van der Waals surface area contributed by atoms with Gasteiger partial charge in [0.25, 0.3) is 0 Å². The summed E-state index contributed by atoms with van der Waals surface area (Å²) in [7, 11) is 1.37. The standard InChI is InChI=1S/C17H20N2O2S2/c1-4-14(12-8-6-5-7-9-12)18-17(22)19-15-13(16(20)21-3)10-11(2)23-15/h5-10,14H,4H2,1-3H3,(H2,18,19,22). The van der Waals surface area contributed by atoms with E-state index < -0.39 is 0 Å². The Kier molecular flexibility index (Phi) is 6.12. The molecule has 0 saturated carbocycles. The van der Waals surface area contributed by atoms with Crippen LogP contribution in [0.25, 0.3) is 0 Å². The van der Waals surface area contributed by atoms with Crippen molar-refractivity contribution in [3.05, 3.63) is 52.4 Å². The first-order valence-corrected chi connectivity index (χ1v) is 8.58. The molecule has 4 nitrogen and oxygen atoms in total. The van der Waals surface area contributed by atoms with E-state index in [0.717, 1.165) is 11.3 Å². The molecular weight excluding hydrogens is 328 g/mol. The first kappa shape index (κ1) is 17.4. The van der Waals surface area contributed by atoms with E-state index in [0.29, 0.717) is 15.7 Å². The van der Waals surface area contributed by atoms with Gasteiger partial charge in [0.1, 0.15) is 5.00 Å². The highest BCUT2D eigenvalue weighted by atomic mass is 32.1. The lowest BCUT2D eigenvalue weighted by Gasteiger charge is -2.19. The van der Waals surface area contributed by atoms with Crippen molar-refractivity contribution in [2.75, 3.05) is 12.4 Å². The van der Waals surface area contributed by atoms with Crippen LogP contribution >= 0.6 is 23.6 Å². The molecule has 0 aliphatic carbocycles. The molecule has 0 amide bonds. The van der Waals surface area contributed by atoms with Gasteiger partial charge in [-0.25, -0.2) is 4.79 Å². The zero-order valence-corrected chi connectivity index (χ0v) is 15.0. The van der Waals surface area contributed by atoms with Gasteiger partial charge in [-0.2, -0.15) is 0 Å². The first-order chi connectivity index (χ1) is 11.0. The van der Waals surface area contributed by atoms with Crippen LogP contribution < -0.4 is 10.6 Å². The third kappa shape index (κ3) is 4.53. The summed E-state index contributed by atoms with van der Waals surface area (Å²) in [6.07, 6.45) is 0.902. The fraction of sp³-hybridized carbons (Fsp3) is 0.294. The maximum Gasteiger partial charge on any atom is 0.340 e. The van der Waals surface area contributed by atoms with Crippen LogP contribution in [-0.2, 0) is 4.74 Å². The van der Waals surface area contributed by atoms with Gasteiger partial charge in [0, 0.05) is 4.88 Å². The summed E-state index contributed by atoms with van der Waals surface area (Å²) >= 11 is 6.88. The SMILES string of the molecule is CCC(NC(=S)Nc1sc(C)cc1C(=O)OC)c1ccccc1. The minimum absolute atomic E-state index is 0.124. The van der Waals surface area contributed by atoms with E-state index in [9.17, 15) is 4.79 Å². The summed E-state index contributed by atoms with van der Waals surface area (Å²) in [6.45, 7) is 4.04. The summed E-state index contributed by atoms with van der Waals surface area (Å²) in [5.41, 5.74) is 1.68. The number of aryl methyl sites for hydroxylation is 1. The van der Waals surface area contributed by atoms with Gasteiger partial charge in [-0.3, -0.25) is 0 Å². The largest absolute Gasteiger partial charge is 0.465 e. The normalized spacial score (nSPS) is 11.6. The Morgan fingerprint density at radius 3 is 2.65 bits per heavy atom. The zero-order chi connectivity index (χ0) is 16.8. The number of anilines is 1. The highest BCUT2D eigenvalue weighted by Crippen LogP contribution is 2.28. The molecule has 0 aliphatic heterocycles. The predicted octanol–water partition coefficient (Wildman–Crippen LogP) is 4.28. The Morgan fingerprint density at radius 1 is 1.35 bits per heavy atom. The maximum atomic E-state index is 11.8. The Hall–Kier alpha value is -1.92. The number of hydrogen-bond acceptors (Lipinski definition) is 4. The highest BCUT2D eigenvalue weighted by Gasteiger charge is 2.17. The van der Waals surface area contributed by atoms with Crippen molar-refractivity contribution in [3.63, 3.8) is 0 Å². The van der Waals surface area contributed by atoms with Gasteiger partial charge in [0.2, 0.25) is 0 Å². The Bertz CT molecular complexity index is 683. The molecular formula is C17H20N2O2S2. The Balaban J connectivity index is 2.09. The molecule has 1 atom stereocenters. The van der Waals surface area contributed by atoms with Gasteiger partial charge in [-0.1, -0.05) is 37.3 Å². The second kappa shape index (κ2) is 8.08. The average molecular weight is 348 g/mol. The number of thiocarbonyl (C=S) groups is 1. The van der Waals surface area contributed by atoms with Crippen LogP contribution in [0.1, 0.15) is 40.2 Å². The second-order valence-electron chi connectivity index (χ2n) is 5.06. The first-order valence-electron chi connectivity index (χ1n) is 7.36. The van der Waals surface area contributed by atoms with Crippen molar-refractivity contribution in [2.45, 2.75) is 26.3 Å². The van der Waals surface area contributed by atoms with Crippen LogP contribution in [0.3, 0.4) is 0 Å². The zero-order valence-electron chi connectivity index (χ0n) is 13.4. The minimum Gasteiger partial charge on any atom is -0.465 e. The third-order valence-electron chi connectivity index (χ3n) is 3.40. The number of carbonyl (C=O) groups excluding carboxylic acids is 1. The van der Waals surface area contributed by atoms with Crippen LogP contribution in [0.4, 0.5) is 5.00 Å². The molecule has 6 heteroatoms. The molecule has 0 spiro atoms. The van der Waals surface area contributed by atoms with Gasteiger partial charge in [0.15, 0.2) is 5.11 Å². The summed E-state index contributed by atoms with van der Waals surface area (Å²) in [5.74, 6) is -0.366. The van der Waals surface area contributed by atoms with Crippen LogP contribution in [0.5, 0.6) is 0 Å². The average Bonchev–Trinajstić information content (AvgIpc) is 2.93. The number of esters is 1. The van der Waals surface area contributed by atoms with Crippen molar-refractivity contribution in [1.82, 2.24) is 5.32 Å². The van der Waals surface area contributed by atoms with Gasteiger partial charge < -0.3 is 15.4 Å². The molecule has 1 heterocycles. The lowest BCUT2D eigenvalue weighted by Crippen LogP contribution is -2.32. The second-order valence-corrected chi connectivity index (χ2v) is 6.73. The van der Waals surface area contributed by atoms with Gasteiger partial charge >= 0.3 is 5.97 Å². The number of carbonyl (C=O) groups is 1.